The van der Waals surface area contributed by atoms with Crippen LogP contribution in [0.15, 0.2) is 18.0 Å². The van der Waals surface area contributed by atoms with Crippen LogP contribution in [-0.4, -0.2) is 36.1 Å². The van der Waals surface area contributed by atoms with Crippen LogP contribution in [0.1, 0.15) is 32.4 Å². The van der Waals surface area contributed by atoms with Gasteiger partial charge in [0.1, 0.15) is 23.1 Å². The van der Waals surface area contributed by atoms with E-state index in [0.717, 1.165) is 0 Å². The quantitative estimate of drug-likeness (QED) is 0.486. The molecule has 0 fully saturated rings. The molecule has 2 rings (SSSR count). The predicted molar refractivity (Wildman–Crippen MR) is 93.1 cm³/mol. The molecule has 1 N–H and O–H groups in total. The first kappa shape index (κ1) is 18.7. The second-order valence-electron chi connectivity index (χ2n) is 7.04. The van der Waals surface area contributed by atoms with E-state index in [0.29, 0.717) is 11.3 Å². The first-order valence-corrected chi connectivity index (χ1v) is 11.1. The first-order valence-electron chi connectivity index (χ1n) is 7.40. The van der Waals surface area contributed by atoms with Gasteiger partial charge in [0.2, 0.25) is 13.6 Å². The molecule has 5 nitrogen and oxygen atoms in total. The summed E-state index contributed by atoms with van der Waals surface area (Å²) in [4.78, 5) is 7.86. The Hall–Kier alpha value is -0.663. The minimum atomic E-state index is -2.03. The molecular weight excluding hydrogens is 355 g/mol. The molecule has 0 aromatic carbocycles. The van der Waals surface area contributed by atoms with Gasteiger partial charge < -0.3 is 14.3 Å². The maximum Gasteiger partial charge on any atom is 0.250 e. The lowest BCUT2D eigenvalue weighted by atomic mass is 10.2. The summed E-state index contributed by atoms with van der Waals surface area (Å²) < 4.78 is 12.1. The van der Waals surface area contributed by atoms with Gasteiger partial charge in [-0.2, -0.15) is 0 Å². The SMILES string of the molecule is CC(C)(C)[Si](C)(C)OC1=C[C@H](c2cnc(Cl)nc2Cl)O[C@@H]1CO. The summed E-state index contributed by atoms with van der Waals surface area (Å²) in [5.41, 5.74) is 0.600. The molecule has 0 saturated heterocycles. The van der Waals surface area contributed by atoms with Crippen molar-refractivity contribution in [1.82, 2.24) is 9.97 Å². The minimum absolute atomic E-state index is 0.0486. The Labute approximate surface area is 147 Å². The average Bonchev–Trinajstić information content (AvgIpc) is 2.79. The van der Waals surface area contributed by atoms with E-state index in [9.17, 15) is 5.11 Å². The van der Waals surface area contributed by atoms with E-state index >= 15 is 0 Å². The molecule has 0 bridgehead atoms. The van der Waals surface area contributed by atoms with Crippen molar-refractivity contribution < 1.29 is 14.3 Å². The van der Waals surface area contributed by atoms with Crippen LogP contribution in [-0.2, 0) is 9.16 Å². The maximum atomic E-state index is 9.60. The highest BCUT2D eigenvalue weighted by atomic mass is 35.5. The standard InChI is InChI=1S/C15H22Cl2N2O3Si/c1-15(2,3)23(4,5)22-11-6-10(21-12(11)8-20)9-7-18-14(17)19-13(9)16/h6-7,10,12,20H,8H2,1-5H3/t10-,12-/m1/s1. The molecule has 0 aliphatic carbocycles. The molecule has 1 aromatic rings. The van der Waals surface area contributed by atoms with Crippen molar-refractivity contribution in [2.24, 2.45) is 0 Å². The zero-order valence-corrected chi connectivity index (χ0v) is 16.4. The van der Waals surface area contributed by atoms with Crippen LogP contribution in [0.4, 0.5) is 0 Å². The molecule has 1 aliphatic heterocycles. The minimum Gasteiger partial charge on any atom is -0.545 e. The fraction of sp³-hybridized carbons (Fsp3) is 0.600. The monoisotopic (exact) mass is 376 g/mol. The van der Waals surface area contributed by atoms with Gasteiger partial charge in [0.25, 0.3) is 0 Å². The molecule has 1 aliphatic rings. The lowest BCUT2D eigenvalue weighted by Gasteiger charge is -2.37. The van der Waals surface area contributed by atoms with Crippen LogP contribution in [0.25, 0.3) is 0 Å². The second-order valence-corrected chi connectivity index (χ2v) is 12.5. The normalized spacial score (nSPS) is 22.2. The zero-order chi connectivity index (χ0) is 17.4. The Kier molecular flexibility index (Phi) is 5.43. The van der Waals surface area contributed by atoms with Crippen molar-refractivity contribution in [3.8, 4) is 0 Å². The summed E-state index contributed by atoms with van der Waals surface area (Å²) >= 11 is 11.8. The molecule has 2 atom stereocenters. The van der Waals surface area contributed by atoms with E-state index < -0.39 is 20.5 Å². The molecule has 0 radical (unpaired) electrons. The molecule has 23 heavy (non-hydrogen) atoms. The van der Waals surface area contributed by atoms with Crippen molar-refractivity contribution >= 4 is 31.5 Å². The van der Waals surface area contributed by atoms with Gasteiger partial charge in [-0.05, 0) is 35.8 Å². The van der Waals surface area contributed by atoms with Gasteiger partial charge in [0, 0.05) is 11.8 Å². The lowest BCUT2D eigenvalue weighted by molar-refractivity contribution is 0.00684. The molecule has 0 amide bonds. The highest BCUT2D eigenvalue weighted by Gasteiger charge is 2.42. The smallest absolute Gasteiger partial charge is 0.250 e. The molecule has 1 aromatic heterocycles. The van der Waals surface area contributed by atoms with E-state index in [2.05, 4.69) is 43.8 Å². The van der Waals surface area contributed by atoms with Crippen molar-refractivity contribution in [3.05, 3.63) is 34.0 Å². The Balaban J connectivity index is 2.28. The number of ether oxygens (including phenoxy) is 1. The third-order valence-electron chi connectivity index (χ3n) is 4.33. The van der Waals surface area contributed by atoms with Crippen LogP contribution in [0.3, 0.4) is 0 Å². The molecule has 2 heterocycles. The summed E-state index contributed by atoms with van der Waals surface area (Å²) in [6.45, 7) is 10.6. The van der Waals surface area contributed by atoms with E-state index in [1.807, 2.05) is 6.08 Å². The van der Waals surface area contributed by atoms with Crippen LogP contribution in [0.5, 0.6) is 0 Å². The highest BCUT2D eigenvalue weighted by molar-refractivity contribution is 6.74. The lowest BCUT2D eigenvalue weighted by Crippen LogP contribution is -2.41. The van der Waals surface area contributed by atoms with Crippen molar-refractivity contribution in [3.63, 3.8) is 0 Å². The Bertz CT molecular complexity index is 617. The summed E-state index contributed by atoms with van der Waals surface area (Å²) in [5.74, 6) is 0.648. The zero-order valence-electron chi connectivity index (χ0n) is 13.9. The summed E-state index contributed by atoms with van der Waals surface area (Å²) in [6, 6.07) is 0. The van der Waals surface area contributed by atoms with E-state index in [1.54, 1.807) is 0 Å². The predicted octanol–water partition coefficient (Wildman–Crippen LogP) is 4.12. The van der Waals surface area contributed by atoms with Crippen LogP contribution in [0, 0.1) is 0 Å². The number of nitrogens with zero attached hydrogens (tertiary/aromatic N) is 2. The third-order valence-corrected chi connectivity index (χ3v) is 9.18. The Morgan fingerprint density at radius 2 is 2.00 bits per heavy atom. The fourth-order valence-corrected chi connectivity index (χ4v) is 3.43. The molecule has 128 valence electrons. The number of hydrogen-bond acceptors (Lipinski definition) is 5. The number of hydrogen-bond donors (Lipinski definition) is 1. The van der Waals surface area contributed by atoms with Crippen LogP contribution in [0.2, 0.25) is 28.6 Å². The molecule has 0 spiro atoms. The topological polar surface area (TPSA) is 64.5 Å². The maximum absolute atomic E-state index is 9.60. The first-order chi connectivity index (χ1) is 10.5. The van der Waals surface area contributed by atoms with Crippen molar-refractivity contribution in [2.75, 3.05) is 6.61 Å². The Morgan fingerprint density at radius 1 is 1.35 bits per heavy atom. The fourth-order valence-electron chi connectivity index (χ4n) is 1.92. The largest absolute Gasteiger partial charge is 0.545 e. The number of aromatic nitrogens is 2. The summed E-state index contributed by atoms with van der Waals surface area (Å²) in [7, 11) is -2.03. The number of halogens is 2. The third kappa shape index (κ3) is 4.06. The highest BCUT2D eigenvalue weighted by Crippen LogP contribution is 2.41. The van der Waals surface area contributed by atoms with Gasteiger partial charge in [-0.1, -0.05) is 32.4 Å². The van der Waals surface area contributed by atoms with E-state index in [-0.39, 0.29) is 22.1 Å². The molecule has 0 saturated carbocycles. The molecule has 0 unspecified atom stereocenters. The summed E-state index contributed by atoms with van der Waals surface area (Å²) in [5, 5.41) is 9.96. The van der Waals surface area contributed by atoms with Gasteiger partial charge in [-0.25, -0.2) is 9.97 Å². The van der Waals surface area contributed by atoms with Gasteiger partial charge in [-0.3, -0.25) is 0 Å². The van der Waals surface area contributed by atoms with Crippen LogP contribution >= 0.6 is 23.2 Å². The Morgan fingerprint density at radius 3 is 2.52 bits per heavy atom. The van der Waals surface area contributed by atoms with E-state index in [1.165, 1.54) is 6.20 Å². The van der Waals surface area contributed by atoms with Gasteiger partial charge in [0.05, 0.1) is 6.61 Å². The van der Waals surface area contributed by atoms with Crippen molar-refractivity contribution in [1.29, 1.82) is 0 Å². The molecular formula is C15H22Cl2N2O3Si. The number of aliphatic hydroxyl groups is 1. The molecule has 8 heteroatoms. The van der Waals surface area contributed by atoms with Gasteiger partial charge >= 0.3 is 0 Å². The van der Waals surface area contributed by atoms with Crippen LogP contribution < -0.4 is 0 Å². The number of rotatable bonds is 4. The summed E-state index contributed by atoms with van der Waals surface area (Å²) in [6.07, 6.45) is 2.39. The van der Waals surface area contributed by atoms with Gasteiger partial charge in [0.15, 0.2) is 0 Å². The average molecular weight is 377 g/mol. The second kappa shape index (κ2) is 6.68. The number of aliphatic hydroxyl groups excluding tert-OH is 1. The van der Waals surface area contributed by atoms with Crippen molar-refractivity contribution in [2.45, 2.75) is 51.1 Å². The van der Waals surface area contributed by atoms with E-state index in [4.69, 9.17) is 32.4 Å². The van der Waals surface area contributed by atoms with Gasteiger partial charge in [-0.15, -0.1) is 0 Å².